The number of anilines is 1. The molecular formula is C22H17N5. The van der Waals surface area contributed by atoms with E-state index in [0.717, 1.165) is 21.9 Å². The van der Waals surface area contributed by atoms with Gasteiger partial charge in [0, 0.05) is 24.0 Å². The van der Waals surface area contributed by atoms with Gasteiger partial charge in [0.1, 0.15) is 11.0 Å². The van der Waals surface area contributed by atoms with E-state index in [0.29, 0.717) is 0 Å². The van der Waals surface area contributed by atoms with Crippen LogP contribution in [0, 0.1) is 0 Å². The van der Waals surface area contributed by atoms with Crippen molar-refractivity contribution in [3.05, 3.63) is 91.4 Å². The van der Waals surface area contributed by atoms with Crippen molar-refractivity contribution < 1.29 is 0 Å². The molecule has 0 fully saturated rings. The number of nitrogens with zero attached hydrogens (tertiary/aromatic N) is 4. The lowest BCUT2D eigenvalue weighted by atomic mass is 10.1. The molecule has 0 aliphatic rings. The molecular weight excluding hydrogens is 334 g/mol. The van der Waals surface area contributed by atoms with Gasteiger partial charge >= 0.3 is 0 Å². The van der Waals surface area contributed by atoms with Crippen molar-refractivity contribution in [2.75, 3.05) is 5.73 Å². The second-order valence-corrected chi connectivity index (χ2v) is 5.89. The normalized spacial score (nSPS) is 10.4. The number of rotatable bonds is 1. The smallest absolute Gasteiger partial charge is 0.220 e. The van der Waals surface area contributed by atoms with Gasteiger partial charge in [-0.3, -0.25) is 9.97 Å². The second kappa shape index (κ2) is 7.58. The molecule has 130 valence electrons. The fraction of sp³-hybridized carbons (Fsp3) is 0. The molecule has 2 aromatic heterocycles. The molecule has 2 heterocycles. The first-order valence-corrected chi connectivity index (χ1v) is 8.54. The molecule has 3 aromatic carbocycles. The molecule has 2 N–H and O–H groups in total. The summed E-state index contributed by atoms with van der Waals surface area (Å²) in [6.07, 6.45) is 4.98. The van der Waals surface area contributed by atoms with E-state index in [1.807, 2.05) is 24.3 Å². The zero-order valence-electron chi connectivity index (χ0n) is 14.5. The highest BCUT2D eigenvalue weighted by molar-refractivity contribution is 6.00. The first-order chi connectivity index (χ1) is 13.3. The Morgan fingerprint density at radius 2 is 1.22 bits per heavy atom. The average Bonchev–Trinajstić information content (AvgIpc) is 2.75. The lowest BCUT2D eigenvalue weighted by molar-refractivity contribution is 1.23. The minimum atomic E-state index is 0.251. The van der Waals surface area contributed by atoms with Crippen LogP contribution in [0.25, 0.3) is 33.1 Å². The summed E-state index contributed by atoms with van der Waals surface area (Å²) < 4.78 is 0. The molecule has 5 heteroatoms. The monoisotopic (exact) mass is 351 g/mol. The van der Waals surface area contributed by atoms with E-state index in [9.17, 15) is 0 Å². The Balaban J connectivity index is 0.000000137. The number of nitrogen functional groups attached to an aromatic ring is 1. The summed E-state index contributed by atoms with van der Waals surface area (Å²) in [4.78, 5) is 16.5. The maximum atomic E-state index is 5.54. The maximum absolute atomic E-state index is 5.54. The Labute approximate surface area is 156 Å². The second-order valence-electron chi connectivity index (χ2n) is 5.89. The molecule has 5 rings (SSSR count). The van der Waals surface area contributed by atoms with Crippen LogP contribution in [0.5, 0.6) is 0 Å². The summed E-state index contributed by atoms with van der Waals surface area (Å²) in [6.45, 7) is 0. The summed E-state index contributed by atoms with van der Waals surface area (Å²) in [5, 5.41) is 0.914. The molecule has 0 saturated carbocycles. The van der Waals surface area contributed by atoms with Crippen molar-refractivity contribution in [1.82, 2.24) is 19.9 Å². The van der Waals surface area contributed by atoms with Crippen molar-refractivity contribution in [1.29, 1.82) is 0 Å². The van der Waals surface area contributed by atoms with Crippen LogP contribution in [0.4, 0.5) is 5.95 Å². The number of fused-ring (bicyclic) bond motifs is 3. The highest BCUT2D eigenvalue weighted by Crippen LogP contribution is 2.20. The Hall–Kier alpha value is -3.86. The summed E-state index contributed by atoms with van der Waals surface area (Å²) >= 11 is 0. The minimum absolute atomic E-state index is 0.251. The molecule has 0 aliphatic heterocycles. The van der Waals surface area contributed by atoms with Gasteiger partial charge in [0.2, 0.25) is 5.95 Å². The molecule has 5 aromatic rings. The largest absolute Gasteiger partial charge is 0.368 e. The third kappa shape index (κ3) is 3.72. The molecule has 0 bridgehead atoms. The number of nitrogens with two attached hydrogens (primary N) is 1. The molecule has 0 aliphatic carbocycles. The Morgan fingerprint density at radius 3 is 1.89 bits per heavy atom. The van der Waals surface area contributed by atoms with Gasteiger partial charge in [-0.1, -0.05) is 60.7 Å². The minimum Gasteiger partial charge on any atom is -0.368 e. The van der Waals surface area contributed by atoms with E-state index < -0.39 is 0 Å². The van der Waals surface area contributed by atoms with Gasteiger partial charge in [0.15, 0.2) is 0 Å². The molecule has 0 radical (unpaired) electrons. The van der Waals surface area contributed by atoms with Crippen LogP contribution in [0.3, 0.4) is 0 Å². The maximum Gasteiger partial charge on any atom is 0.220 e. The van der Waals surface area contributed by atoms with Crippen molar-refractivity contribution in [2.24, 2.45) is 0 Å². The lowest BCUT2D eigenvalue weighted by Gasteiger charge is -2.00. The van der Waals surface area contributed by atoms with Crippen LogP contribution in [0.2, 0.25) is 0 Å². The summed E-state index contributed by atoms with van der Waals surface area (Å²) in [6, 6.07) is 24.6. The fourth-order valence-corrected chi connectivity index (χ4v) is 2.80. The highest BCUT2D eigenvalue weighted by Gasteiger charge is 2.04. The van der Waals surface area contributed by atoms with Crippen molar-refractivity contribution in [3.63, 3.8) is 0 Å². The molecule has 0 spiro atoms. The summed E-state index contributed by atoms with van der Waals surface area (Å²) in [5.41, 5.74) is 10.4. The van der Waals surface area contributed by atoms with Gasteiger partial charge in [-0.2, -0.15) is 0 Å². The highest BCUT2D eigenvalue weighted by atomic mass is 15.0. The van der Waals surface area contributed by atoms with Gasteiger partial charge < -0.3 is 5.73 Å². The zero-order valence-corrected chi connectivity index (χ0v) is 14.5. The van der Waals surface area contributed by atoms with Crippen molar-refractivity contribution in [2.45, 2.75) is 0 Å². The van der Waals surface area contributed by atoms with E-state index in [-0.39, 0.29) is 5.95 Å². The number of hydrogen-bond donors (Lipinski definition) is 1. The van der Waals surface area contributed by atoms with Crippen LogP contribution >= 0.6 is 0 Å². The quantitative estimate of drug-likeness (QED) is 0.450. The molecule has 0 unspecified atom stereocenters. The van der Waals surface area contributed by atoms with Crippen LogP contribution in [0.15, 0.2) is 91.4 Å². The zero-order chi connectivity index (χ0) is 18.5. The Bertz CT molecular complexity index is 1140. The summed E-state index contributed by atoms with van der Waals surface area (Å²) in [5.74, 6) is 0.251. The SMILES string of the molecule is Nc1ncc2ccc3nccnc3c2n1.c1ccc(-c2ccccc2)cc1. The standard InChI is InChI=1S/C12H10.C10H7N5/c1-3-7-11(8-4-1)12-9-5-2-6-10-12;11-10-14-5-6-1-2-7-9(8(6)15-10)13-4-3-12-7/h1-10H;1-5H,(H2,11,14,15). The topological polar surface area (TPSA) is 77.6 Å². The van der Waals surface area contributed by atoms with Gasteiger partial charge in [0.05, 0.1) is 5.52 Å². The molecule has 0 amide bonds. The average molecular weight is 351 g/mol. The van der Waals surface area contributed by atoms with E-state index in [1.165, 1.54) is 11.1 Å². The van der Waals surface area contributed by atoms with Crippen LogP contribution in [-0.4, -0.2) is 19.9 Å². The van der Waals surface area contributed by atoms with Crippen LogP contribution in [-0.2, 0) is 0 Å². The van der Waals surface area contributed by atoms with E-state index >= 15 is 0 Å². The Kier molecular flexibility index (Phi) is 4.66. The first-order valence-electron chi connectivity index (χ1n) is 8.54. The molecule has 5 nitrogen and oxygen atoms in total. The van der Waals surface area contributed by atoms with Gasteiger partial charge in [-0.05, 0) is 23.3 Å². The van der Waals surface area contributed by atoms with E-state index in [4.69, 9.17) is 5.73 Å². The predicted molar refractivity (Wildman–Crippen MR) is 109 cm³/mol. The number of benzene rings is 3. The predicted octanol–water partition coefficient (Wildman–Crippen LogP) is 4.51. The third-order valence-corrected chi connectivity index (χ3v) is 4.09. The van der Waals surface area contributed by atoms with Gasteiger partial charge in [-0.15, -0.1) is 0 Å². The van der Waals surface area contributed by atoms with Gasteiger partial charge in [0.25, 0.3) is 0 Å². The van der Waals surface area contributed by atoms with Crippen LogP contribution < -0.4 is 5.73 Å². The van der Waals surface area contributed by atoms with Crippen molar-refractivity contribution in [3.8, 4) is 11.1 Å². The molecule has 0 saturated heterocycles. The Morgan fingerprint density at radius 1 is 0.593 bits per heavy atom. The lowest BCUT2D eigenvalue weighted by Crippen LogP contribution is -1.95. The van der Waals surface area contributed by atoms with E-state index in [2.05, 4.69) is 68.5 Å². The third-order valence-electron chi connectivity index (χ3n) is 4.09. The fourth-order valence-electron chi connectivity index (χ4n) is 2.80. The summed E-state index contributed by atoms with van der Waals surface area (Å²) in [7, 11) is 0. The van der Waals surface area contributed by atoms with Crippen molar-refractivity contribution >= 4 is 27.9 Å². The van der Waals surface area contributed by atoms with Gasteiger partial charge in [-0.25, -0.2) is 9.97 Å². The van der Waals surface area contributed by atoms with Crippen LogP contribution in [0.1, 0.15) is 0 Å². The first kappa shape index (κ1) is 16.6. The number of hydrogen-bond acceptors (Lipinski definition) is 5. The van der Waals surface area contributed by atoms with E-state index in [1.54, 1.807) is 18.6 Å². The molecule has 0 atom stereocenters. The molecule has 27 heavy (non-hydrogen) atoms. The number of aromatic nitrogens is 4.